The Kier molecular flexibility index (Phi) is 5.41. The normalized spacial score (nSPS) is 16.7. The molecule has 1 heterocycles. The van der Waals surface area contributed by atoms with Crippen molar-refractivity contribution in [3.05, 3.63) is 23.8 Å². The highest BCUT2D eigenvalue weighted by atomic mass is 16.5. The van der Waals surface area contributed by atoms with Crippen LogP contribution in [0.15, 0.2) is 18.2 Å². The second-order valence-corrected chi connectivity index (χ2v) is 5.22. The number of hydrogen-bond acceptors (Lipinski definition) is 5. The highest BCUT2D eigenvalue weighted by Gasteiger charge is 2.29. The molecular formula is C16H19N3O4. The van der Waals surface area contributed by atoms with Gasteiger partial charge in [0.15, 0.2) is 18.1 Å². The minimum atomic E-state index is -0.382. The minimum Gasteiger partial charge on any atom is -0.490 e. The van der Waals surface area contributed by atoms with Gasteiger partial charge in [0.2, 0.25) is 5.91 Å². The maximum absolute atomic E-state index is 12.1. The third-order valence-corrected chi connectivity index (χ3v) is 3.67. The van der Waals surface area contributed by atoms with E-state index in [0.29, 0.717) is 43.2 Å². The van der Waals surface area contributed by atoms with Crippen molar-refractivity contribution in [1.29, 1.82) is 5.26 Å². The monoisotopic (exact) mass is 317 g/mol. The fourth-order valence-corrected chi connectivity index (χ4v) is 2.41. The lowest BCUT2D eigenvalue weighted by Gasteiger charge is -2.17. The van der Waals surface area contributed by atoms with Crippen LogP contribution in [0.4, 0.5) is 0 Å². The molecule has 2 amide bonds. The van der Waals surface area contributed by atoms with Crippen molar-refractivity contribution >= 4 is 11.8 Å². The summed E-state index contributed by atoms with van der Waals surface area (Å²) in [4.78, 5) is 24.8. The molecule has 0 saturated carbocycles. The van der Waals surface area contributed by atoms with Crippen LogP contribution in [0.25, 0.3) is 0 Å². The Morgan fingerprint density at radius 2 is 2.17 bits per heavy atom. The molecule has 2 rings (SSSR count). The van der Waals surface area contributed by atoms with E-state index in [0.717, 1.165) is 0 Å². The molecule has 1 aliphatic rings. The Morgan fingerprint density at radius 3 is 2.78 bits per heavy atom. The van der Waals surface area contributed by atoms with E-state index in [1.807, 2.05) is 13.0 Å². The van der Waals surface area contributed by atoms with Crippen molar-refractivity contribution < 1.29 is 19.1 Å². The maximum atomic E-state index is 12.1. The highest BCUT2D eigenvalue weighted by molar-refractivity contribution is 5.81. The van der Waals surface area contributed by atoms with Crippen LogP contribution in [0.1, 0.15) is 18.9 Å². The van der Waals surface area contributed by atoms with E-state index in [1.165, 1.54) is 0 Å². The topological polar surface area (TPSA) is 106 Å². The minimum absolute atomic E-state index is 0.155. The van der Waals surface area contributed by atoms with E-state index in [4.69, 9.17) is 20.5 Å². The van der Waals surface area contributed by atoms with Crippen LogP contribution >= 0.6 is 0 Å². The van der Waals surface area contributed by atoms with Gasteiger partial charge < -0.3 is 20.1 Å². The molecule has 1 aromatic rings. The summed E-state index contributed by atoms with van der Waals surface area (Å²) < 4.78 is 10.9. The van der Waals surface area contributed by atoms with Gasteiger partial charge in [-0.2, -0.15) is 5.26 Å². The van der Waals surface area contributed by atoms with E-state index in [1.54, 1.807) is 23.1 Å². The lowest BCUT2D eigenvalue weighted by atomic mass is 10.1. The van der Waals surface area contributed by atoms with E-state index < -0.39 is 0 Å². The molecule has 1 aliphatic heterocycles. The van der Waals surface area contributed by atoms with E-state index in [2.05, 4.69) is 0 Å². The smallest absolute Gasteiger partial charge is 0.260 e. The zero-order valence-corrected chi connectivity index (χ0v) is 12.9. The first kappa shape index (κ1) is 16.6. The molecule has 0 unspecified atom stereocenters. The first-order valence-electron chi connectivity index (χ1n) is 7.42. The summed E-state index contributed by atoms with van der Waals surface area (Å²) in [6, 6.07) is 6.80. The second-order valence-electron chi connectivity index (χ2n) is 5.22. The van der Waals surface area contributed by atoms with Gasteiger partial charge in [-0.1, -0.05) is 0 Å². The average molecular weight is 317 g/mol. The van der Waals surface area contributed by atoms with Crippen LogP contribution in [-0.4, -0.2) is 43.0 Å². The molecule has 7 nitrogen and oxygen atoms in total. The fourth-order valence-electron chi connectivity index (χ4n) is 2.41. The SMILES string of the molecule is CCOc1cc(C#N)ccc1OCC(=O)N1CC[C@@H](C(N)=O)C1. The Hall–Kier alpha value is -2.75. The number of amides is 2. The lowest BCUT2D eigenvalue weighted by molar-refractivity contribution is -0.132. The molecule has 1 atom stereocenters. The van der Waals surface area contributed by atoms with Gasteiger partial charge in [-0.3, -0.25) is 9.59 Å². The highest BCUT2D eigenvalue weighted by Crippen LogP contribution is 2.28. The third-order valence-electron chi connectivity index (χ3n) is 3.67. The van der Waals surface area contributed by atoms with Gasteiger partial charge in [-0.05, 0) is 25.5 Å². The Balaban J connectivity index is 1.97. The number of carbonyl (C=O) groups is 2. The molecule has 7 heteroatoms. The first-order chi connectivity index (χ1) is 11.0. The molecule has 0 radical (unpaired) electrons. The molecule has 0 aromatic heterocycles. The zero-order valence-electron chi connectivity index (χ0n) is 12.9. The third kappa shape index (κ3) is 4.13. The van der Waals surface area contributed by atoms with Crippen molar-refractivity contribution in [1.82, 2.24) is 4.90 Å². The van der Waals surface area contributed by atoms with Gasteiger partial charge in [-0.25, -0.2) is 0 Å². The number of benzene rings is 1. The van der Waals surface area contributed by atoms with Crippen molar-refractivity contribution in [2.75, 3.05) is 26.3 Å². The van der Waals surface area contributed by atoms with Gasteiger partial charge in [-0.15, -0.1) is 0 Å². The van der Waals surface area contributed by atoms with Crippen LogP contribution in [0, 0.1) is 17.2 Å². The molecule has 1 saturated heterocycles. The quantitative estimate of drug-likeness (QED) is 0.830. The number of nitrogens with two attached hydrogens (primary N) is 1. The van der Waals surface area contributed by atoms with Crippen LogP contribution < -0.4 is 15.2 Å². The molecule has 0 aliphatic carbocycles. The summed E-state index contributed by atoms with van der Waals surface area (Å²) in [7, 11) is 0. The summed E-state index contributed by atoms with van der Waals surface area (Å²) in [5, 5.41) is 8.91. The summed E-state index contributed by atoms with van der Waals surface area (Å²) >= 11 is 0. The van der Waals surface area contributed by atoms with Gasteiger partial charge in [0.25, 0.3) is 5.91 Å². The summed E-state index contributed by atoms with van der Waals surface area (Å²) in [5.74, 6) is -0.0408. The largest absolute Gasteiger partial charge is 0.490 e. The number of hydrogen-bond donors (Lipinski definition) is 1. The van der Waals surface area contributed by atoms with Gasteiger partial charge in [0.1, 0.15) is 0 Å². The lowest BCUT2D eigenvalue weighted by Crippen LogP contribution is -2.34. The maximum Gasteiger partial charge on any atom is 0.260 e. The van der Waals surface area contributed by atoms with Crippen LogP contribution in [-0.2, 0) is 9.59 Å². The summed E-state index contributed by atoms with van der Waals surface area (Å²) in [6.07, 6.45) is 0.585. The number of nitriles is 1. The summed E-state index contributed by atoms with van der Waals surface area (Å²) in [5.41, 5.74) is 5.71. The average Bonchev–Trinajstić information content (AvgIpc) is 3.04. The zero-order chi connectivity index (χ0) is 16.8. The van der Waals surface area contributed by atoms with Crippen LogP contribution in [0.3, 0.4) is 0 Å². The van der Waals surface area contributed by atoms with Crippen molar-refractivity contribution in [2.45, 2.75) is 13.3 Å². The van der Waals surface area contributed by atoms with E-state index in [-0.39, 0.29) is 24.3 Å². The molecule has 23 heavy (non-hydrogen) atoms. The van der Waals surface area contributed by atoms with Gasteiger partial charge in [0, 0.05) is 19.2 Å². The number of carbonyl (C=O) groups excluding carboxylic acids is 2. The predicted octanol–water partition coefficient (Wildman–Crippen LogP) is 0.670. The molecule has 2 N–H and O–H groups in total. The molecule has 122 valence electrons. The molecule has 0 bridgehead atoms. The Labute approximate surface area is 134 Å². The van der Waals surface area contributed by atoms with Gasteiger partial charge >= 0.3 is 0 Å². The number of primary amides is 1. The van der Waals surface area contributed by atoms with E-state index >= 15 is 0 Å². The number of nitrogens with zero attached hydrogens (tertiary/aromatic N) is 2. The standard InChI is InChI=1S/C16H19N3O4/c1-2-22-14-7-11(8-17)3-4-13(14)23-10-15(20)19-6-5-12(9-19)16(18)21/h3-4,7,12H,2,5-6,9-10H2,1H3,(H2,18,21)/t12-/m1/s1. The number of likely N-dealkylation sites (tertiary alicyclic amines) is 1. The van der Waals surface area contributed by atoms with Crippen LogP contribution in [0.2, 0.25) is 0 Å². The van der Waals surface area contributed by atoms with Crippen molar-refractivity contribution in [3.8, 4) is 17.6 Å². The van der Waals surface area contributed by atoms with Crippen molar-refractivity contribution in [3.63, 3.8) is 0 Å². The predicted molar refractivity (Wildman–Crippen MR) is 81.7 cm³/mol. The number of ether oxygens (including phenoxy) is 2. The summed E-state index contributed by atoms with van der Waals surface area (Å²) in [6.45, 7) is 2.93. The molecule has 1 fully saturated rings. The van der Waals surface area contributed by atoms with Crippen LogP contribution in [0.5, 0.6) is 11.5 Å². The van der Waals surface area contributed by atoms with E-state index in [9.17, 15) is 9.59 Å². The molecule has 1 aromatic carbocycles. The first-order valence-corrected chi connectivity index (χ1v) is 7.42. The fraction of sp³-hybridized carbons (Fsp3) is 0.438. The Morgan fingerprint density at radius 1 is 1.39 bits per heavy atom. The van der Waals surface area contributed by atoms with Crippen molar-refractivity contribution in [2.24, 2.45) is 11.7 Å². The number of rotatable bonds is 6. The molecule has 0 spiro atoms. The molecular weight excluding hydrogens is 298 g/mol. The van der Waals surface area contributed by atoms with Gasteiger partial charge in [0.05, 0.1) is 24.2 Å². The Bertz CT molecular complexity index is 639. The second kappa shape index (κ2) is 7.49.